The Balaban J connectivity index is 2.61. The average molecular weight is 275 g/mol. The van der Waals surface area contributed by atoms with Crippen LogP contribution in [0, 0.1) is 0 Å². The molecule has 0 spiro atoms. The first-order valence-electron chi connectivity index (χ1n) is 7.41. The zero-order valence-electron chi connectivity index (χ0n) is 12.2. The van der Waals surface area contributed by atoms with Gasteiger partial charge in [-0.05, 0) is 40.2 Å². The van der Waals surface area contributed by atoms with Crippen LogP contribution in [0.2, 0.25) is 6.04 Å². The molecule has 1 aliphatic heterocycles. The van der Waals surface area contributed by atoms with E-state index in [2.05, 4.69) is 5.32 Å². The standard InChI is InChI=1S/C13H29NO3Si/c1-4-15-18(16-5-2,17-6-3)12-13-10-8-7-9-11-14-13/h13-14H,4-12H2,1-3H3. The minimum atomic E-state index is -2.47. The topological polar surface area (TPSA) is 39.7 Å². The third kappa shape index (κ3) is 5.36. The van der Waals surface area contributed by atoms with E-state index in [0.29, 0.717) is 25.9 Å². The van der Waals surface area contributed by atoms with Crippen LogP contribution in [0.4, 0.5) is 0 Å². The first-order valence-corrected chi connectivity index (χ1v) is 9.34. The maximum absolute atomic E-state index is 5.91. The lowest BCUT2D eigenvalue weighted by atomic mass is 10.1. The summed E-state index contributed by atoms with van der Waals surface area (Å²) >= 11 is 0. The molecule has 1 N–H and O–H groups in total. The van der Waals surface area contributed by atoms with Gasteiger partial charge in [0.15, 0.2) is 0 Å². The highest BCUT2D eigenvalue weighted by atomic mass is 28.4. The highest BCUT2D eigenvalue weighted by molar-refractivity contribution is 6.60. The largest absolute Gasteiger partial charge is 0.502 e. The Labute approximate surface area is 113 Å². The number of nitrogens with one attached hydrogen (secondary N) is 1. The van der Waals surface area contributed by atoms with Gasteiger partial charge in [0.05, 0.1) is 0 Å². The fraction of sp³-hybridized carbons (Fsp3) is 1.00. The Hall–Kier alpha value is 0.0569. The molecule has 1 aliphatic rings. The van der Waals surface area contributed by atoms with Crippen LogP contribution in [-0.2, 0) is 13.3 Å². The summed E-state index contributed by atoms with van der Waals surface area (Å²) < 4.78 is 17.7. The van der Waals surface area contributed by atoms with E-state index in [-0.39, 0.29) is 0 Å². The molecule has 0 aromatic heterocycles. The molecule has 0 aromatic rings. The lowest BCUT2D eigenvalue weighted by Gasteiger charge is -2.31. The predicted octanol–water partition coefficient (Wildman–Crippen LogP) is 2.57. The van der Waals surface area contributed by atoms with Crippen LogP contribution in [0.5, 0.6) is 0 Å². The zero-order chi connectivity index (χ0) is 13.3. The van der Waals surface area contributed by atoms with E-state index >= 15 is 0 Å². The summed E-state index contributed by atoms with van der Waals surface area (Å²) in [5.41, 5.74) is 0. The Kier molecular flexibility index (Phi) is 8.09. The van der Waals surface area contributed by atoms with Crippen LogP contribution in [0.3, 0.4) is 0 Å². The van der Waals surface area contributed by atoms with E-state index in [1.54, 1.807) is 0 Å². The van der Waals surface area contributed by atoms with E-state index in [0.717, 1.165) is 12.6 Å². The molecule has 1 fully saturated rings. The Morgan fingerprint density at radius 1 is 0.944 bits per heavy atom. The van der Waals surface area contributed by atoms with Gasteiger partial charge in [-0.2, -0.15) is 0 Å². The fourth-order valence-electron chi connectivity index (χ4n) is 2.54. The van der Waals surface area contributed by atoms with E-state index in [1.165, 1.54) is 25.7 Å². The van der Waals surface area contributed by atoms with Crippen molar-refractivity contribution in [2.24, 2.45) is 0 Å². The number of hydrogen-bond donors (Lipinski definition) is 1. The summed E-state index contributed by atoms with van der Waals surface area (Å²) in [5, 5.41) is 3.61. The molecule has 0 radical (unpaired) electrons. The molecule has 1 saturated heterocycles. The molecule has 1 heterocycles. The maximum Gasteiger partial charge on any atom is 0.502 e. The quantitative estimate of drug-likeness (QED) is 0.691. The lowest BCUT2D eigenvalue weighted by Crippen LogP contribution is -2.50. The van der Waals surface area contributed by atoms with Crippen LogP contribution in [0.25, 0.3) is 0 Å². The van der Waals surface area contributed by atoms with Crippen molar-refractivity contribution in [1.29, 1.82) is 0 Å². The van der Waals surface area contributed by atoms with Gasteiger partial charge in [0, 0.05) is 31.9 Å². The van der Waals surface area contributed by atoms with Crippen molar-refractivity contribution >= 4 is 8.80 Å². The van der Waals surface area contributed by atoms with Crippen molar-refractivity contribution in [2.45, 2.75) is 58.5 Å². The van der Waals surface area contributed by atoms with Gasteiger partial charge in [0.2, 0.25) is 0 Å². The first kappa shape index (κ1) is 16.1. The summed E-state index contributed by atoms with van der Waals surface area (Å²) in [5.74, 6) is 0. The van der Waals surface area contributed by atoms with Crippen LogP contribution in [0.15, 0.2) is 0 Å². The molecule has 1 atom stereocenters. The molecule has 0 bridgehead atoms. The van der Waals surface area contributed by atoms with Crippen LogP contribution >= 0.6 is 0 Å². The molecule has 18 heavy (non-hydrogen) atoms. The summed E-state index contributed by atoms with van der Waals surface area (Å²) in [4.78, 5) is 0. The van der Waals surface area contributed by atoms with Gasteiger partial charge in [-0.1, -0.05) is 12.8 Å². The SMILES string of the molecule is CCO[Si](CC1CCCCCN1)(OCC)OCC. The van der Waals surface area contributed by atoms with Gasteiger partial charge >= 0.3 is 8.80 Å². The third-order valence-corrected chi connectivity index (χ3v) is 6.43. The maximum atomic E-state index is 5.91. The molecule has 0 saturated carbocycles. The summed E-state index contributed by atoms with van der Waals surface area (Å²) in [6.07, 6.45) is 5.12. The number of hydrogen-bond acceptors (Lipinski definition) is 4. The molecule has 1 unspecified atom stereocenters. The van der Waals surface area contributed by atoms with Crippen molar-refractivity contribution < 1.29 is 13.3 Å². The molecule has 4 nitrogen and oxygen atoms in total. The van der Waals surface area contributed by atoms with E-state index in [1.807, 2.05) is 20.8 Å². The smallest absolute Gasteiger partial charge is 0.374 e. The molecule has 108 valence electrons. The zero-order valence-corrected chi connectivity index (χ0v) is 13.2. The summed E-state index contributed by atoms with van der Waals surface area (Å²) in [6, 6.07) is 1.39. The third-order valence-electron chi connectivity index (χ3n) is 3.25. The molecule has 0 aliphatic carbocycles. The van der Waals surface area contributed by atoms with Gasteiger partial charge in [0.25, 0.3) is 0 Å². The Morgan fingerprint density at radius 2 is 1.56 bits per heavy atom. The molecule has 1 rings (SSSR count). The minimum Gasteiger partial charge on any atom is -0.374 e. The lowest BCUT2D eigenvalue weighted by molar-refractivity contribution is 0.0684. The van der Waals surface area contributed by atoms with E-state index in [4.69, 9.17) is 13.3 Å². The van der Waals surface area contributed by atoms with Gasteiger partial charge in [0.1, 0.15) is 0 Å². The van der Waals surface area contributed by atoms with Gasteiger partial charge in [-0.15, -0.1) is 0 Å². The van der Waals surface area contributed by atoms with Crippen LogP contribution < -0.4 is 5.32 Å². The van der Waals surface area contributed by atoms with Crippen molar-refractivity contribution in [3.05, 3.63) is 0 Å². The highest BCUT2D eigenvalue weighted by Crippen LogP contribution is 2.22. The monoisotopic (exact) mass is 275 g/mol. The fourth-order valence-corrected chi connectivity index (χ4v) is 5.41. The van der Waals surface area contributed by atoms with Crippen molar-refractivity contribution in [1.82, 2.24) is 5.32 Å². The predicted molar refractivity (Wildman–Crippen MR) is 75.7 cm³/mol. The first-order chi connectivity index (χ1) is 8.76. The van der Waals surface area contributed by atoms with Gasteiger partial charge < -0.3 is 18.6 Å². The van der Waals surface area contributed by atoms with Crippen molar-refractivity contribution in [3.63, 3.8) is 0 Å². The van der Waals surface area contributed by atoms with E-state index < -0.39 is 8.80 Å². The Bertz CT molecular complexity index is 191. The average Bonchev–Trinajstić information content (AvgIpc) is 2.58. The van der Waals surface area contributed by atoms with E-state index in [9.17, 15) is 0 Å². The van der Waals surface area contributed by atoms with Crippen LogP contribution in [0.1, 0.15) is 46.5 Å². The normalized spacial score (nSPS) is 21.8. The molecular weight excluding hydrogens is 246 g/mol. The second kappa shape index (κ2) is 9.04. The molecule has 0 aromatic carbocycles. The van der Waals surface area contributed by atoms with Crippen LogP contribution in [-0.4, -0.2) is 41.2 Å². The molecular formula is C13H29NO3Si. The molecule has 0 amide bonds. The number of rotatable bonds is 8. The highest BCUT2D eigenvalue weighted by Gasteiger charge is 2.42. The van der Waals surface area contributed by atoms with Gasteiger partial charge in [-0.3, -0.25) is 0 Å². The molecule has 5 heteroatoms. The summed E-state index contributed by atoms with van der Waals surface area (Å²) in [6.45, 7) is 9.15. The minimum absolute atomic E-state index is 0.490. The van der Waals surface area contributed by atoms with Crippen molar-refractivity contribution in [3.8, 4) is 0 Å². The summed E-state index contributed by atoms with van der Waals surface area (Å²) in [7, 11) is -2.47. The Morgan fingerprint density at radius 3 is 2.11 bits per heavy atom. The van der Waals surface area contributed by atoms with Crippen molar-refractivity contribution in [2.75, 3.05) is 26.4 Å². The van der Waals surface area contributed by atoms with Gasteiger partial charge in [-0.25, -0.2) is 0 Å². The second-order valence-corrected chi connectivity index (χ2v) is 7.33. The second-order valence-electron chi connectivity index (χ2n) is 4.69.